The molecule has 0 spiro atoms. The topological polar surface area (TPSA) is 0 Å². The van der Waals surface area contributed by atoms with Crippen LogP contribution in [0, 0.1) is 6.42 Å². The number of hydrogen-bond donors (Lipinski definition) is 0. The zero-order valence-electron chi connectivity index (χ0n) is 13.0. The van der Waals surface area contributed by atoms with Crippen LogP contribution in [0.15, 0.2) is 73.8 Å². The number of allylic oxidation sites excluding steroid dienone is 2. The predicted octanol–water partition coefficient (Wildman–Crippen LogP) is 2.62. The number of hydrogen-bond acceptors (Lipinski definition) is 0. The van der Waals surface area contributed by atoms with Crippen LogP contribution in [0.4, 0.5) is 0 Å². The molecular formula is C21H19ClHf-2. The summed E-state index contributed by atoms with van der Waals surface area (Å²) in [5, 5.41) is 0. The van der Waals surface area contributed by atoms with E-state index >= 15 is 0 Å². The van der Waals surface area contributed by atoms with Crippen molar-refractivity contribution in [3.8, 4) is 0 Å². The maximum absolute atomic E-state index is 3.00. The Morgan fingerprint density at radius 1 is 0.696 bits per heavy atom. The molecule has 2 atom stereocenters. The standard InChI is InChI=1S/C19H15.C2H4.ClH.Hf/c1-3-7-18-14(5-1)9-11-16(18)13-17-12-10-15-6-2-4-8-19(15)17;1-2;;/h1-13,16-17H;1-2H2;1H;/q-1;;;/p-1. The molecule has 116 valence electrons. The molecule has 0 amide bonds. The normalized spacial score (nSPS) is 18.8. The van der Waals surface area contributed by atoms with Gasteiger partial charge < -0.3 is 18.8 Å². The van der Waals surface area contributed by atoms with E-state index in [1.807, 2.05) is 0 Å². The number of rotatable bonds is 2. The predicted molar refractivity (Wildman–Crippen MR) is 92.0 cm³/mol. The largest absolute Gasteiger partial charge is 1.00 e. The van der Waals surface area contributed by atoms with Gasteiger partial charge in [-0.05, 0) is 11.1 Å². The Bertz CT molecular complexity index is 643. The molecule has 0 saturated carbocycles. The van der Waals surface area contributed by atoms with Gasteiger partial charge in [-0.1, -0.05) is 71.8 Å². The maximum Gasteiger partial charge on any atom is 0 e. The Morgan fingerprint density at radius 2 is 1.09 bits per heavy atom. The molecule has 4 rings (SSSR count). The Kier molecular flexibility index (Phi) is 7.94. The van der Waals surface area contributed by atoms with E-state index in [4.69, 9.17) is 0 Å². The minimum atomic E-state index is 0. The molecule has 23 heavy (non-hydrogen) atoms. The van der Waals surface area contributed by atoms with Gasteiger partial charge in [-0.15, -0.1) is 37.1 Å². The summed E-state index contributed by atoms with van der Waals surface area (Å²) in [6, 6.07) is 17.3. The molecule has 0 radical (unpaired) electrons. The molecule has 0 aromatic heterocycles. The summed E-state index contributed by atoms with van der Waals surface area (Å²) >= 11 is 0. The SMILES string of the molecule is C1=CC([CH-]C2C=Cc3ccccc32)c2ccccc21.C=C.[Cl-].[Hf]. The molecule has 2 aromatic carbocycles. The molecule has 2 aliphatic carbocycles. The summed E-state index contributed by atoms with van der Waals surface area (Å²) in [7, 11) is 0. The monoisotopic (exact) mass is 486 g/mol. The molecule has 2 aliphatic rings. The van der Waals surface area contributed by atoms with E-state index in [1.54, 1.807) is 0 Å². The van der Waals surface area contributed by atoms with Crippen LogP contribution in [0.2, 0.25) is 0 Å². The minimum absolute atomic E-state index is 0. The second-order valence-corrected chi connectivity index (χ2v) is 5.22. The molecule has 0 aliphatic heterocycles. The van der Waals surface area contributed by atoms with Crippen LogP contribution >= 0.6 is 0 Å². The summed E-state index contributed by atoms with van der Waals surface area (Å²) < 4.78 is 0. The molecule has 0 heterocycles. The number of halogens is 1. The van der Waals surface area contributed by atoms with Crippen LogP contribution in [-0.2, 0) is 25.8 Å². The van der Waals surface area contributed by atoms with Crippen molar-refractivity contribution in [1.82, 2.24) is 0 Å². The summed E-state index contributed by atoms with van der Waals surface area (Å²) in [6.07, 6.45) is 11.5. The van der Waals surface area contributed by atoms with Gasteiger partial charge in [-0.2, -0.15) is 0 Å². The van der Waals surface area contributed by atoms with E-state index in [2.05, 4.69) is 92.4 Å². The van der Waals surface area contributed by atoms with Crippen molar-refractivity contribution in [2.45, 2.75) is 11.8 Å². The van der Waals surface area contributed by atoms with Crippen molar-refractivity contribution < 1.29 is 38.3 Å². The molecule has 0 bridgehead atoms. The van der Waals surface area contributed by atoms with E-state index in [9.17, 15) is 0 Å². The quantitative estimate of drug-likeness (QED) is 0.349. The smallest absolute Gasteiger partial charge is 0 e. The van der Waals surface area contributed by atoms with Crippen LogP contribution in [0.3, 0.4) is 0 Å². The van der Waals surface area contributed by atoms with Crippen molar-refractivity contribution >= 4 is 12.2 Å². The third-order valence-corrected chi connectivity index (χ3v) is 4.09. The first-order chi connectivity index (χ1) is 10.4. The molecule has 0 saturated heterocycles. The van der Waals surface area contributed by atoms with E-state index in [1.165, 1.54) is 22.3 Å². The van der Waals surface area contributed by atoms with Crippen LogP contribution < -0.4 is 12.4 Å². The molecule has 0 nitrogen and oxygen atoms in total. The first-order valence-corrected chi connectivity index (χ1v) is 7.31. The Hall–Kier alpha value is -1.18. The molecule has 2 aromatic rings. The second kappa shape index (κ2) is 9.20. The van der Waals surface area contributed by atoms with Gasteiger partial charge in [0.1, 0.15) is 0 Å². The summed E-state index contributed by atoms with van der Waals surface area (Å²) in [5.41, 5.74) is 5.58. The Morgan fingerprint density at radius 3 is 1.52 bits per heavy atom. The molecule has 0 N–H and O–H groups in total. The van der Waals surface area contributed by atoms with Gasteiger partial charge in [0.15, 0.2) is 0 Å². The second-order valence-electron chi connectivity index (χ2n) is 5.22. The third-order valence-electron chi connectivity index (χ3n) is 4.09. The van der Waals surface area contributed by atoms with Gasteiger partial charge in [0, 0.05) is 25.8 Å². The number of benzene rings is 2. The molecule has 0 fully saturated rings. The Labute approximate surface area is 164 Å². The van der Waals surface area contributed by atoms with Crippen LogP contribution in [0.25, 0.3) is 12.2 Å². The third kappa shape index (κ3) is 4.02. The van der Waals surface area contributed by atoms with E-state index in [0.717, 1.165) is 0 Å². The summed E-state index contributed by atoms with van der Waals surface area (Å²) in [6.45, 7) is 6.00. The van der Waals surface area contributed by atoms with Gasteiger partial charge in [0.25, 0.3) is 0 Å². The molecular weight excluding hydrogens is 466 g/mol. The van der Waals surface area contributed by atoms with E-state index in [-0.39, 0.29) is 38.3 Å². The average Bonchev–Trinajstić information content (AvgIpc) is 3.15. The van der Waals surface area contributed by atoms with Gasteiger partial charge in [0.2, 0.25) is 0 Å². The van der Waals surface area contributed by atoms with Crippen molar-refractivity contribution in [1.29, 1.82) is 0 Å². The van der Waals surface area contributed by atoms with Gasteiger partial charge in [-0.25, -0.2) is 0 Å². The Balaban J connectivity index is 0.000000638. The fourth-order valence-electron chi connectivity index (χ4n) is 3.11. The van der Waals surface area contributed by atoms with Crippen LogP contribution in [0.5, 0.6) is 0 Å². The fraction of sp³-hybridized carbons (Fsp3) is 0.0952. The first kappa shape index (κ1) is 19.9. The van der Waals surface area contributed by atoms with Crippen molar-refractivity contribution in [3.63, 3.8) is 0 Å². The first-order valence-electron chi connectivity index (χ1n) is 7.31. The molecule has 2 heteroatoms. The van der Waals surface area contributed by atoms with Crippen LogP contribution in [0.1, 0.15) is 34.1 Å². The van der Waals surface area contributed by atoms with E-state index < -0.39 is 0 Å². The molecule has 2 unspecified atom stereocenters. The summed E-state index contributed by atoms with van der Waals surface area (Å²) in [5.74, 6) is 0.883. The van der Waals surface area contributed by atoms with E-state index in [0.29, 0.717) is 11.8 Å². The summed E-state index contributed by atoms with van der Waals surface area (Å²) in [4.78, 5) is 0. The average molecular weight is 485 g/mol. The maximum atomic E-state index is 3.00. The number of fused-ring (bicyclic) bond motifs is 2. The zero-order chi connectivity index (χ0) is 14.7. The minimum Gasteiger partial charge on any atom is -1.00 e. The van der Waals surface area contributed by atoms with Gasteiger partial charge >= 0.3 is 0 Å². The fourth-order valence-corrected chi connectivity index (χ4v) is 3.11. The van der Waals surface area contributed by atoms with Crippen molar-refractivity contribution in [3.05, 3.63) is 103 Å². The van der Waals surface area contributed by atoms with Crippen molar-refractivity contribution in [2.24, 2.45) is 0 Å². The van der Waals surface area contributed by atoms with Gasteiger partial charge in [-0.3, -0.25) is 0 Å². The van der Waals surface area contributed by atoms with Crippen molar-refractivity contribution in [2.75, 3.05) is 0 Å². The zero-order valence-corrected chi connectivity index (χ0v) is 17.3. The van der Waals surface area contributed by atoms with Crippen LogP contribution in [-0.4, -0.2) is 0 Å². The van der Waals surface area contributed by atoms with Gasteiger partial charge in [0.05, 0.1) is 0 Å².